The maximum absolute atomic E-state index is 6.47. The average Bonchev–Trinajstić information content (AvgIpc) is 3.85. The van der Waals surface area contributed by atoms with Gasteiger partial charge in [-0.05, 0) is 66.7 Å². The van der Waals surface area contributed by atoms with Crippen LogP contribution < -0.4 is 4.90 Å². The number of aromatic nitrogens is 1. The second kappa shape index (κ2) is 10.6. The number of hydrogen-bond donors (Lipinski definition) is 0. The molecular formula is C46H28N2OS. The molecule has 0 bridgehead atoms. The summed E-state index contributed by atoms with van der Waals surface area (Å²) in [7, 11) is 0. The van der Waals surface area contributed by atoms with Crippen LogP contribution in [0.5, 0.6) is 0 Å². The highest BCUT2D eigenvalue weighted by Gasteiger charge is 2.22. The van der Waals surface area contributed by atoms with Crippen LogP contribution in [0.3, 0.4) is 0 Å². The maximum atomic E-state index is 6.47. The van der Waals surface area contributed by atoms with Crippen LogP contribution in [-0.2, 0) is 0 Å². The zero-order valence-electron chi connectivity index (χ0n) is 26.9. The van der Waals surface area contributed by atoms with Crippen molar-refractivity contribution in [2.45, 2.75) is 0 Å². The SMILES string of the molecule is c1ccc(-n2c3ccccc3c3cc(N(c4ccc5c(c4)oc4ccccc45)c4cc5c6ccccc6sc5c5ccccc45)ccc32)cc1. The Kier molecular flexibility index (Phi) is 5.83. The molecule has 0 atom stereocenters. The van der Waals surface area contributed by atoms with Crippen LogP contribution in [-0.4, -0.2) is 4.57 Å². The van der Waals surface area contributed by atoms with Crippen LogP contribution in [0, 0.1) is 0 Å². The summed E-state index contributed by atoms with van der Waals surface area (Å²) < 4.78 is 11.5. The van der Waals surface area contributed by atoms with Crippen molar-refractivity contribution in [1.82, 2.24) is 4.57 Å². The van der Waals surface area contributed by atoms with Gasteiger partial charge in [-0.1, -0.05) is 97.1 Å². The van der Waals surface area contributed by atoms with Gasteiger partial charge in [0, 0.05) is 75.6 Å². The van der Waals surface area contributed by atoms with Gasteiger partial charge >= 0.3 is 0 Å². The first-order chi connectivity index (χ1) is 24.8. The van der Waals surface area contributed by atoms with E-state index in [4.69, 9.17) is 4.42 Å². The molecule has 0 amide bonds. The minimum absolute atomic E-state index is 0.877. The highest BCUT2D eigenvalue weighted by atomic mass is 32.1. The zero-order valence-corrected chi connectivity index (χ0v) is 27.7. The second-order valence-electron chi connectivity index (χ2n) is 12.9. The number of fused-ring (bicyclic) bond motifs is 11. The van der Waals surface area contributed by atoms with Crippen LogP contribution in [0.2, 0.25) is 0 Å². The largest absolute Gasteiger partial charge is 0.456 e. The molecule has 0 spiro atoms. The summed E-state index contributed by atoms with van der Waals surface area (Å²) >= 11 is 1.88. The summed E-state index contributed by atoms with van der Waals surface area (Å²) in [6.45, 7) is 0. The summed E-state index contributed by atoms with van der Waals surface area (Å²) in [5, 5.41) is 9.72. The molecule has 0 saturated heterocycles. The topological polar surface area (TPSA) is 21.3 Å². The first kappa shape index (κ1) is 27.6. The third kappa shape index (κ3) is 3.97. The normalized spacial score (nSPS) is 12.0. The van der Waals surface area contributed by atoms with Crippen molar-refractivity contribution >= 4 is 103 Å². The highest BCUT2D eigenvalue weighted by molar-refractivity contribution is 7.26. The van der Waals surface area contributed by atoms with Gasteiger partial charge in [0.15, 0.2) is 0 Å². The highest BCUT2D eigenvalue weighted by Crippen LogP contribution is 2.48. The van der Waals surface area contributed by atoms with E-state index in [9.17, 15) is 0 Å². The van der Waals surface area contributed by atoms with Crippen molar-refractivity contribution in [2.75, 3.05) is 4.90 Å². The van der Waals surface area contributed by atoms with E-state index in [0.717, 1.165) is 44.7 Å². The van der Waals surface area contributed by atoms with E-state index >= 15 is 0 Å². The molecule has 0 aliphatic rings. The van der Waals surface area contributed by atoms with Gasteiger partial charge in [0.1, 0.15) is 11.2 Å². The van der Waals surface area contributed by atoms with Gasteiger partial charge in [-0.25, -0.2) is 0 Å². The number of thiophene rings is 1. The monoisotopic (exact) mass is 656 g/mol. The zero-order chi connectivity index (χ0) is 32.8. The van der Waals surface area contributed by atoms with Crippen LogP contribution in [0.1, 0.15) is 0 Å². The van der Waals surface area contributed by atoms with Crippen LogP contribution >= 0.6 is 11.3 Å². The van der Waals surface area contributed by atoms with Crippen molar-refractivity contribution < 1.29 is 4.42 Å². The van der Waals surface area contributed by atoms with Gasteiger partial charge in [0.05, 0.1) is 16.7 Å². The number of nitrogens with zero attached hydrogens (tertiary/aromatic N) is 2. The summed E-state index contributed by atoms with van der Waals surface area (Å²) in [5.74, 6) is 0. The Morgan fingerprint density at radius 2 is 1.06 bits per heavy atom. The molecule has 0 unspecified atom stereocenters. The fraction of sp³-hybridized carbons (Fsp3) is 0. The van der Waals surface area contributed by atoms with Crippen molar-refractivity contribution in [3.8, 4) is 5.69 Å². The summed E-state index contributed by atoms with van der Waals surface area (Å²) in [6.07, 6.45) is 0. The lowest BCUT2D eigenvalue weighted by Crippen LogP contribution is -2.10. The lowest BCUT2D eigenvalue weighted by Gasteiger charge is -2.27. The Hall–Kier alpha value is -6.36. The van der Waals surface area contributed by atoms with Crippen LogP contribution in [0.15, 0.2) is 174 Å². The standard InChI is InChI=1S/C46H28N2OS/c1-2-12-29(13-3-1)48-40-19-9-6-15-33(40)38-26-30(23-25-41(38)48)47(31-22-24-35-34-16-7-10-20-43(34)49-44(35)27-31)42-28-39-36-17-8-11-21-45(36)50-46(39)37-18-5-4-14-32(37)42/h1-28H. The minimum Gasteiger partial charge on any atom is -0.456 e. The Labute approximate surface area is 291 Å². The molecule has 0 aliphatic carbocycles. The third-order valence-electron chi connectivity index (χ3n) is 10.2. The lowest BCUT2D eigenvalue weighted by atomic mass is 10.0. The fourth-order valence-corrected chi connectivity index (χ4v) is 9.17. The second-order valence-corrected chi connectivity index (χ2v) is 14.0. The van der Waals surface area contributed by atoms with Crippen molar-refractivity contribution in [3.05, 3.63) is 170 Å². The minimum atomic E-state index is 0.877. The van der Waals surface area contributed by atoms with E-state index in [1.807, 2.05) is 23.5 Å². The van der Waals surface area contributed by atoms with E-state index < -0.39 is 0 Å². The maximum Gasteiger partial charge on any atom is 0.137 e. The van der Waals surface area contributed by atoms with E-state index in [0.29, 0.717) is 0 Å². The molecule has 0 radical (unpaired) electrons. The van der Waals surface area contributed by atoms with E-state index in [1.165, 1.54) is 52.8 Å². The predicted molar refractivity (Wildman–Crippen MR) is 213 cm³/mol. The third-order valence-corrected chi connectivity index (χ3v) is 11.4. The van der Waals surface area contributed by atoms with Crippen LogP contribution in [0.25, 0.3) is 80.4 Å². The quantitative estimate of drug-likeness (QED) is 0.188. The van der Waals surface area contributed by atoms with Gasteiger partial charge in [0.2, 0.25) is 0 Å². The molecule has 3 heterocycles. The Balaban J connectivity index is 1.24. The summed E-state index contributed by atoms with van der Waals surface area (Å²) in [6, 6.07) is 61.3. The van der Waals surface area contributed by atoms with E-state index in [1.54, 1.807) is 0 Å². The average molecular weight is 657 g/mol. The van der Waals surface area contributed by atoms with Gasteiger partial charge in [-0.15, -0.1) is 11.3 Å². The van der Waals surface area contributed by atoms with Crippen molar-refractivity contribution in [2.24, 2.45) is 0 Å². The van der Waals surface area contributed by atoms with Gasteiger partial charge in [-0.2, -0.15) is 0 Å². The molecule has 11 rings (SSSR count). The first-order valence-corrected chi connectivity index (χ1v) is 17.7. The number of rotatable bonds is 4. The molecule has 8 aromatic carbocycles. The first-order valence-electron chi connectivity index (χ1n) is 16.9. The molecule has 0 fully saturated rings. The smallest absolute Gasteiger partial charge is 0.137 e. The Bertz CT molecular complexity index is 3110. The Morgan fingerprint density at radius 1 is 0.420 bits per heavy atom. The van der Waals surface area contributed by atoms with Crippen molar-refractivity contribution in [3.63, 3.8) is 0 Å². The summed E-state index contributed by atoms with van der Waals surface area (Å²) in [5.41, 5.74) is 8.58. The van der Waals surface area contributed by atoms with Gasteiger partial charge in [-0.3, -0.25) is 0 Å². The van der Waals surface area contributed by atoms with E-state index in [-0.39, 0.29) is 0 Å². The number of para-hydroxylation sites is 3. The number of hydrogen-bond acceptors (Lipinski definition) is 3. The predicted octanol–water partition coefficient (Wildman–Crippen LogP) is 13.7. The summed E-state index contributed by atoms with van der Waals surface area (Å²) in [4.78, 5) is 2.43. The molecule has 3 nitrogen and oxygen atoms in total. The lowest BCUT2D eigenvalue weighted by molar-refractivity contribution is 0.669. The molecule has 0 N–H and O–H groups in total. The van der Waals surface area contributed by atoms with Crippen LogP contribution in [0.4, 0.5) is 17.1 Å². The molecule has 11 aromatic rings. The number of benzene rings is 8. The number of anilines is 3. The van der Waals surface area contributed by atoms with Gasteiger partial charge in [0.25, 0.3) is 0 Å². The molecule has 0 aliphatic heterocycles. The molecular weight excluding hydrogens is 629 g/mol. The molecule has 4 heteroatoms. The van der Waals surface area contributed by atoms with E-state index in [2.05, 4.69) is 167 Å². The molecule has 50 heavy (non-hydrogen) atoms. The number of furan rings is 1. The van der Waals surface area contributed by atoms with Crippen molar-refractivity contribution in [1.29, 1.82) is 0 Å². The Morgan fingerprint density at radius 3 is 1.94 bits per heavy atom. The fourth-order valence-electron chi connectivity index (χ4n) is 7.95. The molecule has 234 valence electrons. The molecule has 0 saturated carbocycles. The van der Waals surface area contributed by atoms with Gasteiger partial charge < -0.3 is 13.9 Å². The molecule has 3 aromatic heterocycles.